The fourth-order valence-corrected chi connectivity index (χ4v) is 2.77. The van der Waals surface area contributed by atoms with Gasteiger partial charge in [0.15, 0.2) is 5.82 Å². The molecular formula is C17H30N6O2. The number of nitrogens with two attached hydrogens (primary N) is 1. The number of aromatic nitrogens is 3. The summed E-state index contributed by atoms with van der Waals surface area (Å²) in [6, 6.07) is 1.92. The summed E-state index contributed by atoms with van der Waals surface area (Å²) in [6.07, 6.45) is 1.000. The number of rotatable bonds is 9. The van der Waals surface area contributed by atoms with Gasteiger partial charge in [-0.05, 0) is 20.3 Å². The highest BCUT2D eigenvalue weighted by molar-refractivity contribution is 5.89. The van der Waals surface area contributed by atoms with E-state index in [9.17, 15) is 5.11 Å². The van der Waals surface area contributed by atoms with Crippen LogP contribution in [0.15, 0.2) is 6.07 Å². The number of imidazole rings is 1. The number of anilines is 3. The molecule has 25 heavy (non-hydrogen) atoms. The molecule has 0 aliphatic rings. The number of nitrogens with zero attached hydrogens (tertiary/aromatic N) is 4. The van der Waals surface area contributed by atoms with Crippen LogP contribution in [0, 0.1) is 0 Å². The molecule has 0 bridgehead atoms. The number of pyridine rings is 1. The van der Waals surface area contributed by atoms with Crippen molar-refractivity contribution < 1.29 is 9.84 Å². The van der Waals surface area contributed by atoms with Crippen molar-refractivity contribution in [1.82, 2.24) is 14.5 Å². The lowest BCUT2D eigenvalue weighted by Crippen LogP contribution is -2.29. The van der Waals surface area contributed by atoms with Crippen LogP contribution in [0.1, 0.15) is 27.2 Å². The summed E-state index contributed by atoms with van der Waals surface area (Å²) >= 11 is 0. The Bertz CT molecular complexity index is 707. The fraction of sp³-hybridized carbons (Fsp3) is 0.647. The van der Waals surface area contributed by atoms with Gasteiger partial charge in [-0.3, -0.25) is 0 Å². The molecule has 140 valence electrons. The van der Waals surface area contributed by atoms with Gasteiger partial charge in [0.2, 0.25) is 5.95 Å². The number of nitrogens with one attached hydrogen (secondary N) is 1. The van der Waals surface area contributed by atoms with E-state index in [0.29, 0.717) is 36.8 Å². The van der Waals surface area contributed by atoms with Crippen LogP contribution < -0.4 is 16.0 Å². The van der Waals surface area contributed by atoms with E-state index < -0.39 is 5.60 Å². The van der Waals surface area contributed by atoms with Crippen LogP contribution in [-0.2, 0) is 11.3 Å². The van der Waals surface area contributed by atoms with E-state index >= 15 is 0 Å². The smallest absolute Gasteiger partial charge is 0.206 e. The van der Waals surface area contributed by atoms with Gasteiger partial charge in [-0.15, -0.1) is 0 Å². The van der Waals surface area contributed by atoms with Gasteiger partial charge in [0.1, 0.15) is 11.3 Å². The number of hydrogen-bond acceptors (Lipinski definition) is 7. The second-order valence-corrected chi connectivity index (χ2v) is 6.91. The topological polar surface area (TPSA) is 101 Å². The van der Waals surface area contributed by atoms with Crippen molar-refractivity contribution in [3.8, 4) is 0 Å². The van der Waals surface area contributed by atoms with Gasteiger partial charge in [-0.1, -0.05) is 6.92 Å². The first-order valence-electron chi connectivity index (χ1n) is 8.60. The Balaban J connectivity index is 2.52. The lowest BCUT2D eigenvalue weighted by atomic mass is 10.1. The minimum Gasteiger partial charge on any atom is -0.389 e. The molecule has 2 rings (SSSR count). The van der Waals surface area contributed by atoms with E-state index in [-0.39, 0.29) is 0 Å². The summed E-state index contributed by atoms with van der Waals surface area (Å²) in [5, 5.41) is 13.5. The number of ether oxygens (including phenoxy) is 1. The van der Waals surface area contributed by atoms with Gasteiger partial charge in [-0.25, -0.2) is 9.97 Å². The third kappa shape index (κ3) is 4.73. The average Bonchev–Trinajstić information content (AvgIpc) is 2.85. The molecule has 0 radical (unpaired) electrons. The molecule has 2 aromatic rings. The van der Waals surface area contributed by atoms with Crippen LogP contribution in [0.5, 0.6) is 0 Å². The second-order valence-electron chi connectivity index (χ2n) is 6.91. The van der Waals surface area contributed by atoms with Gasteiger partial charge in [-0.2, -0.15) is 0 Å². The molecule has 0 amide bonds. The molecule has 0 spiro atoms. The normalized spacial score (nSPS) is 11.9. The Hall–Kier alpha value is -2.06. The molecule has 0 fully saturated rings. The van der Waals surface area contributed by atoms with Gasteiger partial charge in [0.05, 0.1) is 24.3 Å². The lowest BCUT2D eigenvalue weighted by Gasteiger charge is -2.24. The minimum atomic E-state index is -0.878. The van der Waals surface area contributed by atoms with E-state index in [4.69, 9.17) is 15.5 Å². The van der Waals surface area contributed by atoms with Crippen molar-refractivity contribution in [3.63, 3.8) is 0 Å². The third-order valence-corrected chi connectivity index (χ3v) is 3.80. The highest BCUT2D eigenvalue weighted by atomic mass is 16.5. The lowest BCUT2D eigenvalue weighted by molar-refractivity contribution is 0.0630. The van der Waals surface area contributed by atoms with Gasteiger partial charge in [0, 0.05) is 33.3 Å². The highest BCUT2D eigenvalue weighted by Gasteiger charge is 2.22. The van der Waals surface area contributed by atoms with Crippen molar-refractivity contribution in [2.24, 2.45) is 0 Å². The van der Waals surface area contributed by atoms with Gasteiger partial charge in [0.25, 0.3) is 0 Å². The maximum absolute atomic E-state index is 10.4. The largest absolute Gasteiger partial charge is 0.389 e. The molecule has 0 atom stereocenters. The molecule has 0 saturated heterocycles. The molecule has 8 heteroatoms. The van der Waals surface area contributed by atoms with E-state index in [2.05, 4.69) is 22.1 Å². The molecular weight excluding hydrogens is 320 g/mol. The predicted molar refractivity (Wildman–Crippen MR) is 102 cm³/mol. The zero-order chi connectivity index (χ0) is 18.6. The summed E-state index contributed by atoms with van der Waals surface area (Å²) in [4.78, 5) is 11.1. The maximum Gasteiger partial charge on any atom is 0.206 e. The minimum absolute atomic E-state index is 0.373. The van der Waals surface area contributed by atoms with E-state index in [1.807, 2.05) is 17.7 Å². The van der Waals surface area contributed by atoms with Gasteiger partial charge >= 0.3 is 0 Å². The zero-order valence-electron chi connectivity index (χ0n) is 15.8. The van der Waals surface area contributed by atoms with Crippen molar-refractivity contribution >= 4 is 28.6 Å². The summed E-state index contributed by atoms with van der Waals surface area (Å²) in [6.45, 7) is 8.17. The van der Waals surface area contributed by atoms with E-state index in [1.165, 1.54) is 0 Å². The zero-order valence-corrected chi connectivity index (χ0v) is 15.8. The second kappa shape index (κ2) is 7.88. The van der Waals surface area contributed by atoms with Crippen LogP contribution in [0.25, 0.3) is 11.0 Å². The monoisotopic (exact) mass is 350 g/mol. The summed E-state index contributed by atoms with van der Waals surface area (Å²) < 4.78 is 7.06. The molecule has 4 N–H and O–H groups in total. The molecule has 0 aliphatic carbocycles. The summed E-state index contributed by atoms with van der Waals surface area (Å²) in [5.74, 6) is 1.82. The first-order chi connectivity index (χ1) is 11.8. The van der Waals surface area contributed by atoms with E-state index in [0.717, 1.165) is 24.4 Å². The molecule has 0 unspecified atom stereocenters. The number of methoxy groups -OCH3 is 1. The van der Waals surface area contributed by atoms with Crippen LogP contribution in [-0.4, -0.2) is 59.1 Å². The molecule has 8 nitrogen and oxygen atoms in total. The number of aliphatic hydroxyl groups is 1. The predicted octanol–water partition coefficient (Wildman–Crippen LogP) is 1.69. The quantitative estimate of drug-likeness (QED) is 0.592. The number of fused-ring (bicyclic) bond motifs is 1. The highest BCUT2D eigenvalue weighted by Crippen LogP contribution is 2.29. The van der Waals surface area contributed by atoms with Crippen molar-refractivity contribution in [2.75, 3.05) is 49.8 Å². The summed E-state index contributed by atoms with van der Waals surface area (Å²) in [7, 11) is 3.65. The Morgan fingerprint density at radius 1 is 1.40 bits per heavy atom. The van der Waals surface area contributed by atoms with Crippen molar-refractivity contribution in [3.05, 3.63) is 6.07 Å². The molecule has 2 heterocycles. The molecule has 0 aromatic carbocycles. The van der Waals surface area contributed by atoms with E-state index in [1.54, 1.807) is 21.0 Å². The Morgan fingerprint density at radius 3 is 2.72 bits per heavy atom. The van der Waals surface area contributed by atoms with Crippen LogP contribution in [0.3, 0.4) is 0 Å². The van der Waals surface area contributed by atoms with Crippen molar-refractivity contribution in [1.29, 1.82) is 0 Å². The fourth-order valence-electron chi connectivity index (χ4n) is 2.77. The SMILES string of the molecule is CCCN(C)c1nc2c(N)nc(NCCOC)cc2n1CC(C)(C)O. The number of nitrogen functional groups attached to an aromatic ring is 1. The van der Waals surface area contributed by atoms with Gasteiger partial charge < -0.3 is 30.4 Å². The molecule has 0 aliphatic heterocycles. The third-order valence-electron chi connectivity index (χ3n) is 3.80. The number of hydrogen-bond donors (Lipinski definition) is 3. The standard InChI is InChI=1S/C17H30N6O2/c1-6-8-22(4)16-21-14-12(23(16)11-17(2,3)24)10-13(20-15(14)18)19-7-9-25-5/h10,24H,6-9,11H2,1-5H3,(H3,18,19,20). The average molecular weight is 350 g/mol. The Kier molecular flexibility index (Phi) is 6.07. The first kappa shape index (κ1) is 19.3. The first-order valence-corrected chi connectivity index (χ1v) is 8.60. The molecule has 0 saturated carbocycles. The molecule has 2 aromatic heterocycles. The van der Waals surface area contributed by atoms with Crippen LogP contribution in [0.4, 0.5) is 17.6 Å². The Morgan fingerprint density at radius 2 is 2.12 bits per heavy atom. The van der Waals surface area contributed by atoms with Crippen molar-refractivity contribution in [2.45, 2.75) is 39.3 Å². The van der Waals surface area contributed by atoms with Crippen LogP contribution >= 0.6 is 0 Å². The summed E-state index contributed by atoms with van der Waals surface area (Å²) in [5.41, 5.74) is 6.77. The maximum atomic E-state index is 10.4. The van der Waals surface area contributed by atoms with Crippen LogP contribution in [0.2, 0.25) is 0 Å². The Labute approximate surface area is 149 Å².